The number of hydrogen-bond donors (Lipinski definition) is 2. The number of Topliss-reactive ketones (excluding diaryl/α,β-unsaturated/α-hetero) is 1. The van der Waals surface area contributed by atoms with E-state index in [1.54, 1.807) is 55.0 Å². The van der Waals surface area contributed by atoms with Crippen LogP contribution in [0.3, 0.4) is 0 Å². The Morgan fingerprint density at radius 1 is 1.03 bits per heavy atom. The van der Waals surface area contributed by atoms with Gasteiger partial charge in [-0.3, -0.25) is 14.4 Å². The summed E-state index contributed by atoms with van der Waals surface area (Å²) < 4.78 is 11.1. The summed E-state index contributed by atoms with van der Waals surface area (Å²) in [5, 5.41) is 7.26. The molecule has 10 heteroatoms. The number of carbonyl (C=O) groups is 3. The molecule has 1 aromatic heterocycles. The van der Waals surface area contributed by atoms with Crippen LogP contribution in [0.4, 0.5) is 11.4 Å². The summed E-state index contributed by atoms with van der Waals surface area (Å²) >= 11 is 2.72. The topological polar surface area (TPSA) is 107 Å². The third-order valence-electron chi connectivity index (χ3n) is 4.41. The van der Waals surface area contributed by atoms with Gasteiger partial charge in [0.2, 0.25) is 11.8 Å². The van der Waals surface area contributed by atoms with Gasteiger partial charge in [-0.25, -0.2) is 4.98 Å². The SMILES string of the molecule is COc1ccc(C(=O)CSc2nc(CC(=O)Nc3cc(NC(C)=O)ccc3OC)cs2)cc1. The van der Waals surface area contributed by atoms with Gasteiger partial charge in [0, 0.05) is 23.6 Å². The van der Waals surface area contributed by atoms with E-state index < -0.39 is 0 Å². The summed E-state index contributed by atoms with van der Waals surface area (Å²) in [4.78, 5) is 40.6. The molecule has 0 aliphatic heterocycles. The summed E-state index contributed by atoms with van der Waals surface area (Å²) in [6.07, 6.45) is 0.0665. The maximum Gasteiger partial charge on any atom is 0.230 e. The summed E-state index contributed by atoms with van der Waals surface area (Å²) in [5.41, 5.74) is 2.21. The third-order valence-corrected chi connectivity index (χ3v) is 6.47. The molecule has 1 heterocycles. The van der Waals surface area contributed by atoms with Gasteiger partial charge in [-0.1, -0.05) is 11.8 Å². The minimum Gasteiger partial charge on any atom is -0.497 e. The first-order chi connectivity index (χ1) is 15.9. The Balaban J connectivity index is 1.56. The number of nitrogens with one attached hydrogen (secondary N) is 2. The van der Waals surface area contributed by atoms with Crippen molar-refractivity contribution in [3.8, 4) is 11.5 Å². The van der Waals surface area contributed by atoms with E-state index in [9.17, 15) is 14.4 Å². The van der Waals surface area contributed by atoms with Crippen LogP contribution < -0.4 is 20.1 Å². The molecule has 0 saturated heterocycles. The number of benzene rings is 2. The van der Waals surface area contributed by atoms with Crippen LogP contribution in [0, 0.1) is 0 Å². The van der Waals surface area contributed by atoms with E-state index in [-0.39, 0.29) is 29.8 Å². The highest BCUT2D eigenvalue weighted by atomic mass is 32.2. The van der Waals surface area contributed by atoms with Crippen molar-refractivity contribution in [1.29, 1.82) is 0 Å². The van der Waals surface area contributed by atoms with Crippen molar-refractivity contribution in [2.24, 2.45) is 0 Å². The van der Waals surface area contributed by atoms with Gasteiger partial charge in [-0.15, -0.1) is 11.3 Å². The zero-order valence-electron chi connectivity index (χ0n) is 18.3. The first-order valence-corrected chi connectivity index (χ1v) is 11.7. The molecule has 0 unspecified atom stereocenters. The van der Waals surface area contributed by atoms with E-state index in [1.165, 1.54) is 37.1 Å². The number of thiazole rings is 1. The van der Waals surface area contributed by atoms with Crippen molar-refractivity contribution in [2.45, 2.75) is 17.7 Å². The van der Waals surface area contributed by atoms with Gasteiger partial charge in [0.25, 0.3) is 0 Å². The molecule has 0 aliphatic rings. The quantitative estimate of drug-likeness (QED) is 0.326. The van der Waals surface area contributed by atoms with Crippen LogP contribution in [-0.2, 0) is 16.0 Å². The lowest BCUT2D eigenvalue weighted by atomic mass is 10.1. The molecular formula is C23H23N3O5S2. The highest BCUT2D eigenvalue weighted by Gasteiger charge is 2.14. The second kappa shape index (κ2) is 11.5. The Morgan fingerprint density at radius 2 is 1.79 bits per heavy atom. The van der Waals surface area contributed by atoms with Gasteiger partial charge in [0.15, 0.2) is 10.1 Å². The highest BCUT2D eigenvalue weighted by Crippen LogP contribution is 2.29. The third kappa shape index (κ3) is 7.06. The van der Waals surface area contributed by atoms with E-state index in [4.69, 9.17) is 9.47 Å². The van der Waals surface area contributed by atoms with Gasteiger partial charge < -0.3 is 20.1 Å². The van der Waals surface area contributed by atoms with Gasteiger partial charge in [-0.05, 0) is 42.5 Å². The van der Waals surface area contributed by atoms with Crippen molar-refractivity contribution in [3.63, 3.8) is 0 Å². The maximum atomic E-state index is 12.5. The molecule has 172 valence electrons. The smallest absolute Gasteiger partial charge is 0.230 e. The second-order valence-corrected chi connectivity index (χ2v) is 8.95. The second-order valence-electron chi connectivity index (χ2n) is 6.87. The predicted molar refractivity (Wildman–Crippen MR) is 130 cm³/mol. The van der Waals surface area contributed by atoms with Crippen LogP contribution in [0.15, 0.2) is 52.2 Å². The summed E-state index contributed by atoms with van der Waals surface area (Å²) in [6, 6.07) is 11.9. The van der Waals surface area contributed by atoms with Crippen LogP contribution in [0.5, 0.6) is 11.5 Å². The maximum absolute atomic E-state index is 12.5. The van der Waals surface area contributed by atoms with Gasteiger partial charge in [0.05, 0.1) is 37.8 Å². The fourth-order valence-electron chi connectivity index (χ4n) is 2.87. The van der Waals surface area contributed by atoms with Crippen molar-refractivity contribution < 1.29 is 23.9 Å². The zero-order chi connectivity index (χ0) is 23.8. The lowest BCUT2D eigenvalue weighted by molar-refractivity contribution is -0.116. The van der Waals surface area contributed by atoms with E-state index in [2.05, 4.69) is 15.6 Å². The van der Waals surface area contributed by atoms with Crippen LogP contribution in [0.25, 0.3) is 0 Å². The number of nitrogens with zero attached hydrogens (tertiary/aromatic N) is 1. The molecule has 2 N–H and O–H groups in total. The van der Waals surface area contributed by atoms with Gasteiger partial charge >= 0.3 is 0 Å². The molecule has 0 bridgehead atoms. The Bertz CT molecular complexity index is 1150. The van der Waals surface area contributed by atoms with Gasteiger partial charge in [-0.2, -0.15) is 0 Å². The molecule has 0 saturated carbocycles. The number of rotatable bonds is 10. The fraction of sp³-hybridized carbons (Fsp3) is 0.217. The molecule has 2 aromatic carbocycles. The Labute approximate surface area is 199 Å². The number of hydrogen-bond acceptors (Lipinski definition) is 8. The zero-order valence-corrected chi connectivity index (χ0v) is 20.0. The van der Waals surface area contributed by atoms with Crippen molar-refractivity contribution >= 4 is 52.1 Å². The highest BCUT2D eigenvalue weighted by molar-refractivity contribution is 8.01. The molecule has 0 radical (unpaired) electrons. The van der Waals surface area contributed by atoms with Crippen molar-refractivity contribution in [3.05, 3.63) is 59.1 Å². The molecule has 8 nitrogen and oxygen atoms in total. The molecule has 3 aromatic rings. The number of anilines is 2. The monoisotopic (exact) mass is 485 g/mol. The number of methoxy groups -OCH3 is 2. The minimum absolute atomic E-state index is 0.0108. The van der Waals surface area contributed by atoms with Gasteiger partial charge in [0.1, 0.15) is 11.5 Å². The van der Waals surface area contributed by atoms with Crippen molar-refractivity contribution in [2.75, 3.05) is 30.6 Å². The molecule has 0 atom stereocenters. The lowest BCUT2D eigenvalue weighted by Gasteiger charge is -2.12. The van der Waals surface area contributed by atoms with Crippen LogP contribution in [0.2, 0.25) is 0 Å². The van der Waals surface area contributed by atoms with Crippen molar-refractivity contribution in [1.82, 2.24) is 4.98 Å². The average molecular weight is 486 g/mol. The predicted octanol–water partition coefficient (Wildman–Crippen LogP) is 4.27. The number of ketones is 1. The number of aromatic nitrogens is 1. The fourth-order valence-corrected chi connectivity index (χ4v) is 4.61. The largest absolute Gasteiger partial charge is 0.497 e. The number of ether oxygens (including phenoxy) is 2. The number of carbonyl (C=O) groups excluding carboxylic acids is 3. The Morgan fingerprint density at radius 3 is 2.45 bits per heavy atom. The lowest BCUT2D eigenvalue weighted by Crippen LogP contribution is -2.15. The molecule has 0 spiro atoms. The molecule has 33 heavy (non-hydrogen) atoms. The molecule has 2 amide bonds. The molecule has 0 fully saturated rings. The van der Waals surface area contributed by atoms with Crippen LogP contribution in [-0.4, -0.2) is 42.6 Å². The molecular weight excluding hydrogens is 462 g/mol. The average Bonchev–Trinajstić information content (AvgIpc) is 3.24. The summed E-state index contributed by atoms with van der Waals surface area (Å²) in [5.74, 6) is 0.923. The normalized spacial score (nSPS) is 10.4. The Hall–Kier alpha value is -3.37. The first-order valence-electron chi connectivity index (χ1n) is 9.88. The summed E-state index contributed by atoms with van der Waals surface area (Å²) in [7, 11) is 3.08. The Kier molecular flexibility index (Phi) is 8.45. The van der Waals surface area contributed by atoms with E-state index in [1.807, 2.05) is 0 Å². The number of amides is 2. The minimum atomic E-state index is -0.274. The number of thioether (sulfide) groups is 1. The molecule has 3 rings (SSSR count). The standard InChI is InChI=1S/C23H23N3O5S2/c1-14(27)24-16-6-9-21(31-3)19(10-16)26-22(29)11-17-12-32-23(25-17)33-13-20(28)15-4-7-18(30-2)8-5-15/h4-10,12H,11,13H2,1-3H3,(H,24,27)(H,26,29). The molecule has 0 aliphatic carbocycles. The van der Waals surface area contributed by atoms with Crippen LogP contribution >= 0.6 is 23.1 Å². The van der Waals surface area contributed by atoms with E-state index in [0.717, 1.165) is 0 Å². The van der Waals surface area contributed by atoms with Crippen LogP contribution in [0.1, 0.15) is 23.0 Å². The van der Waals surface area contributed by atoms with E-state index in [0.29, 0.717) is 38.5 Å². The summed E-state index contributed by atoms with van der Waals surface area (Å²) in [6.45, 7) is 1.41. The first kappa shape index (κ1) is 24.3. The van der Waals surface area contributed by atoms with E-state index >= 15 is 0 Å².